The van der Waals surface area contributed by atoms with Gasteiger partial charge in [-0.2, -0.15) is 5.10 Å². The van der Waals surface area contributed by atoms with Crippen LogP contribution in [0.25, 0.3) is 11.1 Å². The summed E-state index contributed by atoms with van der Waals surface area (Å²) in [6.07, 6.45) is 7.38. The van der Waals surface area contributed by atoms with Crippen molar-refractivity contribution in [1.29, 1.82) is 0 Å². The molecule has 0 atom stereocenters. The van der Waals surface area contributed by atoms with E-state index < -0.39 is 5.91 Å². The summed E-state index contributed by atoms with van der Waals surface area (Å²) < 4.78 is 13.2. The molecule has 2 aliphatic rings. The van der Waals surface area contributed by atoms with Gasteiger partial charge in [0.05, 0.1) is 30.7 Å². The number of hydrogen-bond donors (Lipinski definition) is 3. The highest BCUT2D eigenvalue weighted by Crippen LogP contribution is 2.39. The number of nitrogens with two attached hydrogens (primary N) is 1. The molecule has 35 heavy (non-hydrogen) atoms. The van der Waals surface area contributed by atoms with Crippen LogP contribution in [0.3, 0.4) is 0 Å². The molecular formula is C24H27N7O4. The van der Waals surface area contributed by atoms with Crippen molar-refractivity contribution in [2.45, 2.75) is 31.7 Å². The van der Waals surface area contributed by atoms with Gasteiger partial charge in [-0.1, -0.05) is 12.1 Å². The number of rotatable bonds is 8. The molecule has 2 aromatic heterocycles. The number of anilines is 3. The van der Waals surface area contributed by atoms with Crippen LogP contribution in [-0.4, -0.2) is 52.1 Å². The maximum atomic E-state index is 12.2. The zero-order chi connectivity index (χ0) is 24.4. The molecule has 0 radical (unpaired) electrons. The van der Waals surface area contributed by atoms with E-state index >= 15 is 0 Å². The predicted molar refractivity (Wildman–Crippen MR) is 128 cm³/mol. The van der Waals surface area contributed by atoms with Crippen LogP contribution in [0.1, 0.15) is 42.2 Å². The number of carbonyl (C=O) groups is 2. The van der Waals surface area contributed by atoms with Crippen molar-refractivity contribution in [1.82, 2.24) is 20.0 Å². The molecule has 1 aliphatic heterocycles. The Balaban J connectivity index is 1.45. The minimum absolute atomic E-state index is 0.00264. The molecule has 11 nitrogen and oxygen atoms in total. The van der Waals surface area contributed by atoms with Gasteiger partial charge >= 0.3 is 0 Å². The van der Waals surface area contributed by atoms with Crippen molar-refractivity contribution < 1.29 is 19.1 Å². The molecule has 4 N–H and O–H groups in total. The number of amides is 2. The Bertz CT molecular complexity index is 1250. The summed E-state index contributed by atoms with van der Waals surface area (Å²) in [6, 6.07) is 7.48. The highest BCUT2D eigenvalue weighted by Gasteiger charge is 2.30. The third kappa shape index (κ3) is 4.94. The molecule has 2 fully saturated rings. The summed E-state index contributed by atoms with van der Waals surface area (Å²) in [7, 11) is 1.58. The molecule has 2 amide bonds. The lowest BCUT2D eigenvalue weighted by molar-refractivity contribution is -0.117. The second kappa shape index (κ2) is 9.71. The van der Waals surface area contributed by atoms with Gasteiger partial charge in [-0.05, 0) is 31.7 Å². The molecule has 1 aliphatic carbocycles. The van der Waals surface area contributed by atoms with E-state index in [2.05, 4.69) is 25.9 Å². The zero-order valence-corrected chi connectivity index (χ0v) is 19.4. The summed E-state index contributed by atoms with van der Waals surface area (Å²) in [4.78, 5) is 24.2. The number of benzene rings is 1. The monoisotopic (exact) mass is 477 g/mol. The summed E-state index contributed by atoms with van der Waals surface area (Å²) in [5.74, 6) is -0.0499. The number of carbonyl (C=O) groups excluding carboxylic acids is 2. The number of primary amides is 1. The van der Waals surface area contributed by atoms with E-state index in [1.807, 2.05) is 35.3 Å². The standard InChI is InChI=1S/C24H27N7O4/c1-34-22-17(15-12-26-31(13-15)16-7-9-35-10-8-16)3-2-4-18(22)27-19-11-20(28-24(33)14-5-6-14)29-30-21(19)23(25)32/h2-4,11-14,16H,5-10H2,1H3,(H2,25,32)(H2,27,28,29,33). The lowest BCUT2D eigenvalue weighted by Gasteiger charge is -2.22. The third-order valence-corrected chi connectivity index (χ3v) is 6.19. The van der Waals surface area contributed by atoms with Gasteiger partial charge in [0.15, 0.2) is 11.5 Å². The van der Waals surface area contributed by atoms with Crippen molar-refractivity contribution in [2.75, 3.05) is 31.0 Å². The first-order valence-corrected chi connectivity index (χ1v) is 11.6. The van der Waals surface area contributed by atoms with Gasteiger partial charge in [-0.15, -0.1) is 10.2 Å². The molecule has 3 heterocycles. The zero-order valence-electron chi connectivity index (χ0n) is 19.4. The number of nitrogens with zero attached hydrogens (tertiary/aromatic N) is 4. The SMILES string of the molecule is COc1c(Nc2cc(NC(=O)C3CC3)nnc2C(N)=O)cccc1-c1cnn(C2CCOCC2)c1. The Morgan fingerprint density at radius 2 is 1.94 bits per heavy atom. The molecule has 0 unspecified atom stereocenters. The van der Waals surface area contributed by atoms with Gasteiger partial charge in [0.25, 0.3) is 5.91 Å². The van der Waals surface area contributed by atoms with E-state index in [-0.39, 0.29) is 23.3 Å². The van der Waals surface area contributed by atoms with Crippen LogP contribution in [0.5, 0.6) is 5.75 Å². The first kappa shape index (κ1) is 22.8. The first-order valence-electron chi connectivity index (χ1n) is 11.6. The average molecular weight is 478 g/mol. The molecule has 1 saturated carbocycles. The molecule has 1 aromatic carbocycles. The van der Waals surface area contributed by atoms with Crippen molar-refractivity contribution in [3.05, 3.63) is 42.4 Å². The number of aromatic nitrogens is 4. The second-order valence-corrected chi connectivity index (χ2v) is 8.68. The molecule has 3 aromatic rings. The second-order valence-electron chi connectivity index (χ2n) is 8.68. The fourth-order valence-electron chi connectivity index (χ4n) is 4.16. The van der Waals surface area contributed by atoms with E-state index in [0.29, 0.717) is 23.2 Å². The Hall–Kier alpha value is -3.99. The van der Waals surface area contributed by atoms with Crippen molar-refractivity contribution in [3.63, 3.8) is 0 Å². The highest BCUT2D eigenvalue weighted by atomic mass is 16.5. The Labute approximate surface area is 202 Å². The van der Waals surface area contributed by atoms with Crippen LogP contribution in [-0.2, 0) is 9.53 Å². The molecule has 0 bridgehead atoms. The predicted octanol–water partition coefficient (Wildman–Crippen LogP) is 2.89. The van der Waals surface area contributed by atoms with Crippen LogP contribution in [0.4, 0.5) is 17.2 Å². The third-order valence-electron chi connectivity index (χ3n) is 6.19. The molecule has 0 spiro atoms. The Morgan fingerprint density at radius 3 is 2.66 bits per heavy atom. The van der Waals surface area contributed by atoms with Gasteiger partial charge in [0, 0.05) is 42.5 Å². The molecule has 11 heteroatoms. The van der Waals surface area contributed by atoms with Crippen LogP contribution in [0.15, 0.2) is 36.7 Å². The largest absolute Gasteiger partial charge is 0.494 e. The van der Waals surface area contributed by atoms with E-state index in [4.69, 9.17) is 15.2 Å². The number of para-hydroxylation sites is 1. The quantitative estimate of drug-likeness (QED) is 0.449. The molecule has 5 rings (SSSR count). The summed E-state index contributed by atoms with van der Waals surface area (Å²) >= 11 is 0. The van der Waals surface area contributed by atoms with Crippen molar-refractivity contribution in [3.8, 4) is 16.9 Å². The van der Waals surface area contributed by atoms with E-state index in [1.54, 1.807) is 13.2 Å². The minimum atomic E-state index is -0.743. The highest BCUT2D eigenvalue weighted by molar-refractivity contribution is 5.99. The van der Waals surface area contributed by atoms with Gasteiger partial charge < -0.3 is 25.8 Å². The van der Waals surface area contributed by atoms with Gasteiger partial charge in [-0.3, -0.25) is 14.3 Å². The minimum Gasteiger partial charge on any atom is -0.494 e. The van der Waals surface area contributed by atoms with Crippen molar-refractivity contribution in [2.24, 2.45) is 11.7 Å². The summed E-state index contributed by atoms with van der Waals surface area (Å²) in [6.45, 7) is 1.46. The Kier molecular flexibility index (Phi) is 6.32. The van der Waals surface area contributed by atoms with Crippen LogP contribution < -0.4 is 21.1 Å². The smallest absolute Gasteiger partial charge is 0.271 e. The number of nitrogens with one attached hydrogen (secondary N) is 2. The molecular weight excluding hydrogens is 450 g/mol. The summed E-state index contributed by atoms with van der Waals surface area (Å²) in [5, 5.41) is 18.4. The van der Waals surface area contributed by atoms with E-state index in [9.17, 15) is 9.59 Å². The number of ether oxygens (including phenoxy) is 2. The number of hydrogen-bond acceptors (Lipinski definition) is 8. The van der Waals surface area contributed by atoms with E-state index in [1.165, 1.54) is 0 Å². The van der Waals surface area contributed by atoms with Gasteiger partial charge in [-0.25, -0.2) is 0 Å². The molecule has 1 saturated heterocycles. The van der Waals surface area contributed by atoms with Crippen LogP contribution in [0, 0.1) is 5.92 Å². The van der Waals surface area contributed by atoms with Crippen LogP contribution in [0.2, 0.25) is 0 Å². The average Bonchev–Trinajstić information content (AvgIpc) is 3.61. The first-order chi connectivity index (χ1) is 17.0. The van der Waals surface area contributed by atoms with E-state index in [0.717, 1.165) is 50.0 Å². The maximum absolute atomic E-state index is 12.2. The normalized spacial score (nSPS) is 16.0. The van der Waals surface area contributed by atoms with Crippen molar-refractivity contribution >= 4 is 29.0 Å². The Morgan fingerprint density at radius 1 is 1.14 bits per heavy atom. The van der Waals surface area contributed by atoms with Gasteiger partial charge in [0.2, 0.25) is 5.91 Å². The number of methoxy groups -OCH3 is 1. The van der Waals surface area contributed by atoms with Gasteiger partial charge in [0.1, 0.15) is 5.75 Å². The lowest BCUT2D eigenvalue weighted by Crippen LogP contribution is -2.19. The fourth-order valence-corrected chi connectivity index (χ4v) is 4.16. The topological polar surface area (TPSA) is 146 Å². The van der Waals surface area contributed by atoms with Crippen LogP contribution >= 0.6 is 0 Å². The maximum Gasteiger partial charge on any atom is 0.271 e. The summed E-state index contributed by atoms with van der Waals surface area (Å²) in [5.41, 5.74) is 8.12. The lowest BCUT2D eigenvalue weighted by atomic mass is 10.1. The fraction of sp³-hybridized carbons (Fsp3) is 0.375. The molecule has 182 valence electrons.